The molecule has 0 radical (unpaired) electrons. The minimum absolute atomic E-state index is 0.411. The van der Waals surface area contributed by atoms with E-state index in [1.807, 2.05) is 25.1 Å². The molecular weight excluding hydrogens is 364 g/mol. The summed E-state index contributed by atoms with van der Waals surface area (Å²) in [4.78, 5) is 4.16. The summed E-state index contributed by atoms with van der Waals surface area (Å²) in [5.74, 6) is 0.411. The fraction of sp³-hybridized carbons (Fsp3) is 0.417. The minimum atomic E-state index is -1.46. The van der Waals surface area contributed by atoms with Crippen molar-refractivity contribution in [2.45, 2.75) is 26.6 Å². The van der Waals surface area contributed by atoms with E-state index in [1.54, 1.807) is 6.21 Å². The summed E-state index contributed by atoms with van der Waals surface area (Å²) in [7, 11) is 8.41. The van der Waals surface area contributed by atoms with Crippen molar-refractivity contribution >= 4 is 36.5 Å². The number of nitrogens with zero attached hydrogens (tertiary/aromatic N) is 1. The number of hydrogen-bond acceptors (Lipinski definition) is 2. The third-order valence-electron chi connectivity index (χ3n) is 2.29. The molecule has 0 fully saturated rings. The van der Waals surface area contributed by atoms with Crippen LogP contribution in [0.3, 0.4) is 0 Å². The molecule has 100 valence electrons. The second-order valence-corrected chi connectivity index (χ2v) is 13.5. The molecule has 1 aromatic carbocycles. The monoisotopic (exact) mass is 381 g/mol. The first kappa shape index (κ1) is 18.4. The molecule has 0 aromatic heterocycles. The molecular formula is C12H19Cl2NOSiZr. The topological polar surface area (TPSA) is 32.6 Å². The van der Waals surface area contributed by atoms with Crippen LogP contribution >= 0.6 is 17.0 Å². The van der Waals surface area contributed by atoms with Crippen molar-refractivity contribution in [3.63, 3.8) is 0 Å². The summed E-state index contributed by atoms with van der Waals surface area (Å²) in [5, 5.41) is 11.2. The van der Waals surface area contributed by atoms with E-state index < -0.39 is 28.9 Å². The zero-order chi connectivity index (χ0) is 14.2. The average Bonchev–Trinajstić information content (AvgIpc) is 2.27. The number of phenols is 1. The fourth-order valence-corrected chi connectivity index (χ4v) is 2.91. The second-order valence-electron chi connectivity index (χ2n) is 4.69. The zero-order valence-corrected chi connectivity index (χ0v) is 16.1. The number of hydrogen-bond donors (Lipinski definition) is 1. The van der Waals surface area contributed by atoms with Crippen LogP contribution in [-0.2, 0) is 20.8 Å². The Morgan fingerprint density at radius 1 is 1.33 bits per heavy atom. The Bertz CT molecular complexity index is 394. The Kier molecular flexibility index (Phi) is 9.49. The average molecular weight is 384 g/mol. The van der Waals surface area contributed by atoms with E-state index in [2.05, 4.69) is 24.6 Å². The first-order valence-electron chi connectivity index (χ1n) is 5.67. The van der Waals surface area contributed by atoms with Gasteiger partial charge in [0.1, 0.15) is 5.75 Å². The molecule has 0 aliphatic carbocycles. The van der Waals surface area contributed by atoms with Crippen molar-refractivity contribution in [3.05, 3.63) is 23.8 Å². The summed E-state index contributed by atoms with van der Waals surface area (Å²) in [5.41, 5.74) is 0.830. The number of para-hydroxylation sites is 1. The summed E-state index contributed by atoms with van der Waals surface area (Å²) >= 11 is -0.826. The maximum absolute atomic E-state index is 10.1. The predicted octanol–water partition coefficient (Wildman–Crippen LogP) is 3.75. The van der Waals surface area contributed by atoms with E-state index in [4.69, 9.17) is 17.0 Å². The van der Waals surface area contributed by atoms with Gasteiger partial charge in [-0.05, 0) is 18.2 Å². The summed E-state index contributed by atoms with van der Waals surface area (Å²) in [6.07, 6.45) is 1.75. The molecule has 0 atom stereocenters. The third kappa shape index (κ3) is 6.51. The molecule has 0 saturated heterocycles. The number of aliphatic imine (C=N–C) groups is 1. The van der Waals surface area contributed by atoms with Gasteiger partial charge >= 0.3 is 37.9 Å². The van der Waals surface area contributed by atoms with E-state index in [0.717, 1.165) is 17.3 Å². The van der Waals surface area contributed by atoms with Gasteiger partial charge in [0.15, 0.2) is 0 Å². The van der Waals surface area contributed by atoms with Crippen LogP contribution in [0.4, 0.5) is 0 Å². The summed E-state index contributed by atoms with van der Waals surface area (Å²) in [6.45, 7) is 9.40. The van der Waals surface area contributed by atoms with Gasteiger partial charge in [-0.25, -0.2) is 0 Å². The van der Waals surface area contributed by atoms with Crippen molar-refractivity contribution in [1.82, 2.24) is 0 Å². The van der Waals surface area contributed by atoms with Crippen LogP contribution in [0.5, 0.6) is 5.75 Å². The third-order valence-corrected chi connectivity index (χ3v) is 4.31. The molecule has 1 N–H and O–H groups in total. The molecule has 0 aliphatic rings. The van der Waals surface area contributed by atoms with Gasteiger partial charge in [0.2, 0.25) is 0 Å². The zero-order valence-electron chi connectivity index (χ0n) is 11.2. The quantitative estimate of drug-likeness (QED) is 0.626. The number of benzene rings is 1. The van der Waals surface area contributed by atoms with Crippen LogP contribution in [0.1, 0.15) is 12.5 Å². The van der Waals surface area contributed by atoms with E-state index in [0.29, 0.717) is 5.75 Å². The first-order valence-corrected chi connectivity index (χ1v) is 15.5. The van der Waals surface area contributed by atoms with Crippen LogP contribution < -0.4 is 5.19 Å². The normalized spacial score (nSPS) is 11.0. The molecule has 2 nitrogen and oxygen atoms in total. The first-order chi connectivity index (χ1) is 8.38. The van der Waals surface area contributed by atoms with Gasteiger partial charge < -0.3 is 5.11 Å². The molecule has 0 saturated carbocycles. The van der Waals surface area contributed by atoms with Crippen LogP contribution in [0.2, 0.25) is 19.6 Å². The van der Waals surface area contributed by atoms with E-state index in [9.17, 15) is 5.11 Å². The molecule has 0 aliphatic heterocycles. The number of phenolic OH excluding ortho intramolecular Hbond substituents is 1. The molecule has 1 aromatic rings. The Morgan fingerprint density at radius 2 is 1.89 bits per heavy atom. The predicted molar refractivity (Wildman–Crippen MR) is 80.9 cm³/mol. The van der Waals surface area contributed by atoms with Gasteiger partial charge in [-0.2, -0.15) is 0 Å². The fourth-order valence-electron chi connectivity index (χ4n) is 1.46. The van der Waals surface area contributed by atoms with E-state index in [1.165, 1.54) is 0 Å². The van der Waals surface area contributed by atoms with Crippen molar-refractivity contribution < 1.29 is 26.0 Å². The number of rotatable bonds is 3. The van der Waals surface area contributed by atoms with Gasteiger partial charge in [0.05, 0.1) is 8.07 Å². The van der Waals surface area contributed by atoms with Crippen LogP contribution in [0.25, 0.3) is 0 Å². The maximum atomic E-state index is 10.1. The Labute approximate surface area is 129 Å². The van der Waals surface area contributed by atoms with Crippen LogP contribution in [0, 0.1) is 0 Å². The Balaban J connectivity index is 0.000000873. The van der Waals surface area contributed by atoms with Gasteiger partial charge in [-0.15, -0.1) is 0 Å². The SMILES string of the molecule is CCN=Cc1cccc([Si](C)(C)C)c1O.[Cl][Zr][Cl]. The van der Waals surface area contributed by atoms with Gasteiger partial charge in [0.25, 0.3) is 0 Å². The molecule has 0 bridgehead atoms. The van der Waals surface area contributed by atoms with E-state index in [-0.39, 0.29) is 0 Å². The molecule has 0 heterocycles. The summed E-state index contributed by atoms with van der Waals surface area (Å²) in [6, 6.07) is 5.91. The standard InChI is InChI=1S/C12H19NOSi.2ClH.Zr/c1-5-13-9-10-7-6-8-11(12(10)14)15(2,3)4;;;/h6-9,14H,5H2,1-4H3;2*1H;/q;;;+2/p-2. The molecule has 0 spiro atoms. The van der Waals surface area contributed by atoms with Crippen molar-refractivity contribution in [2.24, 2.45) is 4.99 Å². The van der Waals surface area contributed by atoms with Gasteiger partial charge in [-0.1, -0.05) is 31.8 Å². The summed E-state index contributed by atoms with van der Waals surface area (Å²) < 4.78 is 0. The number of aromatic hydroxyl groups is 1. The Morgan fingerprint density at radius 3 is 2.33 bits per heavy atom. The molecule has 1 rings (SSSR count). The van der Waals surface area contributed by atoms with Crippen molar-refractivity contribution in [2.75, 3.05) is 6.54 Å². The number of halogens is 2. The molecule has 6 heteroatoms. The van der Waals surface area contributed by atoms with E-state index >= 15 is 0 Å². The van der Waals surface area contributed by atoms with Crippen molar-refractivity contribution in [3.8, 4) is 5.75 Å². The Hall–Kier alpha value is 0.370. The second kappa shape index (κ2) is 9.30. The molecule has 0 unspecified atom stereocenters. The van der Waals surface area contributed by atoms with Gasteiger partial charge in [-0.3, -0.25) is 4.99 Å². The van der Waals surface area contributed by atoms with Crippen LogP contribution in [0.15, 0.2) is 23.2 Å². The van der Waals surface area contributed by atoms with Gasteiger partial charge in [0, 0.05) is 18.3 Å². The van der Waals surface area contributed by atoms with Crippen molar-refractivity contribution in [1.29, 1.82) is 0 Å². The molecule has 18 heavy (non-hydrogen) atoms. The molecule has 0 amide bonds. The van der Waals surface area contributed by atoms with Crippen LogP contribution in [-0.4, -0.2) is 25.9 Å².